The summed E-state index contributed by atoms with van der Waals surface area (Å²) in [5.41, 5.74) is -1.02. The molecule has 1 heterocycles. The summed E-state index contributed by atoms with van der Waals surface area (Å²) in [5.74, 6) is -0.526. The van der Waals surface area contributed by atoms with Gasteiger partial charge in [-0.1, -0.05) is 40.0 Å². The molecule has 8 nitrogen and oxygen atoms in total. The second kappa shape index (κ2) is 12.9. The maximum Gasteiger partial charge on any atom is 0.242 e. The molecular weight excluding hydrogens is 376 g/mol. The van der Waals surface area contributed by atoms with Crippen molar-refractivity contribution in [3.8, 4) is 0 Å². The lowest BCUT2D eigenvalue weighted by molar-refractivity contribution is -0.135. The molecule has 0 aliphatic carbocycles. The number of carbonyl (C=O) groups excluding carboxylic acids is 3. The topological polar surface area (TPSA) is 106 Å². The number of hydrogen-bond acceptors (Lipinski definition) is 6. The summed E-state index contributed by atoms with van der Waals surface area (Å²) in [6, 6.07) is -1.41. The number of epoxide rings is 1. The lowest BCUT2D eigenvalue weighted by Gasteiger charge is -2.24. The molecule has 0 aromatic carbocycles. The molecule has 0 radical (unpaired) electrons. The van der Waals surface area contributed by atoms with Crippen molar-refractivity contribution in [3.63, 3.8) is 0 Å². The molecule has 1 unspecified atom stereocenters. The molecule has 3 atom stereocenters. The molecule has 1 saturated heterocycles. The Morgan fingerprint density at radius 2 is 1.79 bits per heavy atom. The molecular formula is C21H38N2O6. The van der Waals surface area contributed by atoms with Crippen molar-refractivity contribution in [2.45, 2.75) is 83.9 Å². The maximum atomic E-state index is 13.0. The molecule has 1 fully saturated rings. The highest BCUT2D eigenvalue weighted by Gasteiger charge is 2.54. The van der Waals surface area contributed by atoms with Gasteiger partial charge in [0.1, 0.15) is 12.8 Å². The van der Waals surface area contributed by atoms with E-state index in [0.29, 0.717) is 12.8 Å². The third-order valence-corrected chi connectivity index (χ3v) is 4.85. The van der Waals surface area contributed by atoms with E-state index < -0.39 is 17.7 Å². The first-order valence-corrected chi connectivity index (χ1v) is 10.6. The molecule has 0 bridgehead atoms. The van der Waals surface area contributed by atoms with E-state index in [0.717, 1.165) is 25.7 Å². The van der Waals surface area contributed by atoms with Crippen LogP contribution in [0.1, 0.15) is 66.2 Å². The highest BCUT2D eigenvalue weighted by Crippen LogP contribution is 2.31. The zero-order valence-electron chi connectivity index (χ0n) is 18.5. The van der Waals surface area contributed by atoms with E-state index in [1.807, 2.05) is 13.8 Å². The molecule has 168 valence electrons. The quantitative estimate of drug-likeness (QED) is 0.227. The second-order valence-electron chi connectivity index (χ2n) is 8.19. The van der Waals surface area contributed by atoms with E-state index in [-0.39, 0.29) is 43.5 Å². The van der Waals surface area contributed by atoms with Gasteiger partial charge in [-0.2, -0.15) is 0 Å². The molecule has 2 amide bonds. The number of ether oxygens (including phenoxy) is 3. The summed E-state index contributed by atoms with van der Waals surface area (Å²) in [7, 11) is 1.50. The van der Waals surface area contributed by atoms with Crippen LogP contribution in [0.3, 0.4) is 0 Å². The van der Waals surface area contributed by atoms with Crippen LogP contribution in [0, 0.1) is 5.92 Å². The van der Waals surface area contributed by atoms with Crippen molar-refractivity contribution in [2.24, 2.45) is 5.92 Å². The van der Waals surface area contributed by atoms with Gasteiger partial charge in [0.05, 0.1) is 19.3 Å². The van der Waals surface area contributed by atoms with Crippen molar-refractivity contribution < 1.29 is 28.6 Å². The maximum absolute atomic E-state index is 13.0. The number of amides is 2. The van der Waals surface area contributed by atoms with E-state index >= 15 is 0 Å². The van der Waals surface area contributed by atoms with Gasteiger partial charge in [-0.15, -0.1) is 0 Å². The number of rotatable bonds is 16. The van der Waals surface area contributed by atoms with Gasteiger partial charge in [-0.05, 0) is 25.7 Å². The minimum Gasteiger partial charge on any atom is -0.359 e. The van der Waals surface area contributed by atoms with Crippen molar-refractivity contribution in [3.05, 3.63) is 0 Å². The lowest BCUT2D eigenvalue weighted by Crippen LogP contribution is -2.54. The van der Waals surface area contributed by atoms with Crippen LogP contribution in [-0.2, 0) is 28.6 Å². The second-order valence-corrected chi connectivity index (χ2v) is 8.19. The fourth-order valence-corrected chi connectivity index (χ4v) is 3.08. The summed E-state index contributed by atoms with van der Waals surface area (Å²) >= 11 is 0. The Morgan fingerprint density at radius 1 is 1.10 bits per heavy atom. The number of methoxy groups -OCH3 is 1. The smallest absolute Gasteiger partial charge is 0.242 e. The van der Waals surface area contributed by atoms with Crippen LogP contribution in [0.15, 0.2) is 0 Å². The molecule has 0 aromatic rings. The first kappa shape index (κ1) is 25.5. The first-order valence-electron chi connectivity index (χ1n) is 10.6. The van der Waals surface area contributed by atoms with Gasteiger partial charge in [-0.3, -0.25) is 14.4 Å². The highest BCUT2D eigenvalue weighted by molar-refractivity contribution is 5.98. The Balaban J connectivity index is 2.59. The van der Waals surface area contributed by atoms with Gasteiger partial charge in [-0.25, -0.2) is 0 Å². The van der Waals surface area contributed by atoms with Crippen molar-refractivity contribution >= 4 is 17.6 Å². The van der Waals surface area contributed by atoms with Crippen LogP contribution in [0.25, 0.3) is 0 Å². The molecule has 0 saturated carbocycles. The molecule has 29 heavy (non-hydrogen) atoms. The molecule has 1 rings (SSSR count). The van der Waals surface area contributed by atoms with Gasteiger partial charge < -0.3 is 24.8 Å². The zero-order valence-corrected chi connectivity index (χ0v) is 18.5. The highest BCUT2D eigenvalue weighted by atomic mass is 16.7. The largest absolute Gasteiger partial charge is 0.359 e. The van der Waals surface area contributed by atoms with Crippen LogP contribution < -0.4 is 10.6 Å². The summed E-state index contributed by atoms with van der Waals surface area (Å²) in [6.45, 7) is 8.13. The number of unbranched alkanes of at least 4 members (excludes halogenated alkanes) is 3. The van der Waals surface area contributed by atoms with Crippen LogP contribution in [-0.4, -0.2) is 62.4 Å². The Labute approximate surface area is 174 Å². The summed E-state index contributed by atoms with van der Waals surface area (Å²) < 4.78 is 15.5. The Bertz CT molecular complexity index is 533. The van der Waals surface area contributed by atoms with Crippen LogP contribution in [0.5, 0.6) is 0 Å². The van der Waals surface area contributed by atoms with Crippen LogP contribution in [0.2, 0.25) is 0 Å². The summed E-state index contributed by atoms with van der Waals surface area (Å²) in [4.78, 5) is 37.6. The third-order valence-electron chi connectivity index (χ3n) is 4.85. The first-order chi connectivity index (χ1) is 13.8. The molecule has 2 N–H and O–H groups in total. The summed E-state index contributed by atoms with van der Waals surface area (Å²) in [5, 5.41) is 5.51. The fraction of sp³-hybridized carbons (Fsp3) is 0.857. The van der Waals surface area contributed by atoms with Gasteiger partial charge >= 0.3 is 0 Å². The summed E-state index contributed by atoms with van der Waals surface area (Å²) in [6.07, 6.45) is 4.90. The van der Waals surface area contributed by atoms with Crippen molar-refractivity contribution in [2.75, 3.05) is 27.1 Å². The SMILES string of the molecule is CCCCCCC(=O)N[C@@H](C)C(=O)NC(CC(C)C)C(=O)[C@@]1(COCOC)CO1. The predicted octanol–water partition coefficient (Wildman–Crippen LogP) is 1.95. The Morgan fingerprint density at radius 3 is 2.34 bits per heavy atom. The number of hydrogen-bond donors (Lipinski definition) is 2. The molecule has 0 aromatic heterocycles. The standard InChI is InChI=1S/C21H38N2O6/c1-6-7-8-9-10-18(24)22-16(4)20(26)23-17(11-15(2)3)19(25)21(13-29-21)12-28-14-27-5/h15-17H,6-14H2,1-5H3,(H,22,24)(H,23,26)/t16-,17?,21+/m0/s1. The van der Waals surface area contributed by atoms with Crippen molar-refractivity contribution in [1.29, 1.82) is 0 Å². The predicted molar refractivity (Wildman–Crippen MR) is 109 cm³/mol. The number of carbonyl (C=O) groups is 3. The molecule has 1 aliphatic heterocycles. The van der Waals surface area contributed by atoms with E-state index in [9.17, 15) is 14.4 Å². The molecule has 1 aliphatic rings. The average Bonchev–Trinajstić information content (AvgIpc) is 3.45. The fourth-order valence-electron chi connectivity index (χ4n) is 3.08. The number of ketones is 1. The third kappa shape index (κ3) is 9.23. The van der Waals surface area contributed by atoms with Gasteiger partial charge in [0.15, 0.2) is 11.4 Å². The Hall–Kier alpha value is -1.51. The van der Waals surface area contributed by atoms with Gasteiger partial charge in [0.2, 0.25) is 11.8 Å². The van der Waals surface area contributed by atoms with E-state index in [1.165, 1.54) is 7.11 Å². The van der Waals surface area contributed by atoms with Gasteiger partial charge in [0.25, 0.3) is 0 Å². The van der Waals surface area contributed by atoms with Crippen LogP contribution in [0.4, 0.5) is 0 Å². The number of nitrogens with one attached hydrogen (secondary N) is 2. The van der Waals surface area contributed by atoms with Crippen molar-refractivity contribution in [1.82, 2.24) is 10.6 Å². The van der Waals surface area contributed by atoms with E-state index in [4.69, 9.17) is 14.2 Å². The molecule has 8 heteroatoms. The normalized spacial score (nSPS) is 20.2. The lowest BCUT2D eigenvalue weighted by atomic mass is 9.92. The van der Waals surface area contributed by atoms with Gasteiger partial charge in [0, 0.05) is 13.5 Å². The van der Waals surface area contributed by atoms with Crippen LogP contribution >= 0.6 is 0 Å². The van der Waals surface area contributed by atoms with E-state index in [1.54, 1.807) is 6.92 Å². The minimum absolute atomic E-state index is 0.0704. The molecule has 0 spiro atoms. The number of Topliss-reactive ketones (excluding diaryl/α,β-unsaturated/α-hetero) is 1. The zero-order chi connectivity index (χ0) is 21.9. The van der Waals surface area contributed by atoms with E-state index in [2.05, 4.69) is 17.6 Å². The monoisotopic (exact) mass is 414 g/mol. The Kier molecular flexibility index (Phi) is 11.4. The minimum atomic E-state index is -1.02. The average molecular weight is 415 g/mol.